The molecule has 2 unspecified atom stereocenters. The normalized spacial score (nSPS) is 21.9. The number of hydrogen-bond donors (Lipinski definition) is 0. The van der Waals surface area contributed by atoms with E-state index in [1.165, 1.54) is 17.3 Å². The highest BCUT2D eigenvalue weighted by Gasteiger charge is 2.42. The molecule has 3 rings (SSSR count). The zero-order valence-corrected chi connectivity index (χ0v) is 16.4. The molecule has 2 atom stereocenters. The van der Waals surface area contributed by atoms with E-state index in [0.29, 0.717) is 13.0 Å². The third kappa shape index (κ3) is 4.91. The van der Waals surface area contributed by atoms with Gasteiger partial charge in [0.05, 0.1) is 12.6 Å². The average molecular weight is 388 g/mol. The average Bonchev–Trinajstić information content (AvgIpc) is 3.26. The highest BCUT2D eigenvalue weighted by molar-refractivity contribution is 8.14. The van der Waals surface area contributed by atoms with Crippen molar-refractivity contribution in [3.05, 3.63) is 48.6 Å². The van der Waals surface area contributed by atoms with Crippen LogP contribution in [0.3, 0.4) is 0 Å². The van der Waals surface area contributed by atoms with Gasteiger partial charge in [-0.25, -0.2) is 4.79 Å². The van der Waals surface area contributed by atoms with Crippen molar-refractivity contribution in [2.24, 2.45) is 4.99 Å². The molecular weight excluding hydrogens is 362 g/mol. The third-order valence-electron chi connectivity index (χ3n) is 4.64. The monoisotopic (exact) mass is 387 g/mol. The van der Waals surface area contributed by atoms with E-state index in [-0.39, 0.29) is 29.1 Å². The number of aliphatic imine (C=N–C) groups is 1. The van der Waals surface area contributed by atoms with Crippen molar-refractivity contribution in [1.29, 1.82) is 0 Å². The fourth-order valence-corrected chi connectivity index (χ4v) is 4.54. The molecular formula is C20H25N3O3S. The zero-order chi connectivity index (χ0) is 19.2. The van der Waals surface area contributed by atoms with Crippen LogP contribution in [0.25, 0.3) is 0 Å². The number of ether oxygens (including phenoxy) is 1. The van der Waals surface area contributed by atoms with Crippen LogP contribution in [0.5, 0.6) is 0 Å². The molecule has 1 aromatic rings. The van der Waals surface area contributed by atoms with Crippen molar-refractivity contribution in [1.82, 2.24) is 9.80 Å². The van der Waals surface area contributed by atoms with Gasteiger partial charge in [-0.3, -0.25) is 14.7 Å². The van der Waals surface area contributed by atoms with Crippen molar-refractivity contribution in [2.75, 3.05) is 26.2 Å². The Bertz CT molecular complexity index is 722. The minimum atomic E-state index is -0.374. The molecule has 1 fully saturated rings. The number of rotatable bonds is 6. The Kier molecular flexibility index (Phi) is 6.55. The Balaban J connectivity index is 1.76. The number of hydrogen-bond acceptors (Lipinski definition) is 6. The second-order valence-electron chi connectivity index (χ2n) is 6.65. The lowest BCUT2D eigenvalue weighted by Gasteiger charge is -2.29. The van der Waals surface area contributed by atoms with E-state index in [9.17, 15) is 9.59 Å². The largest absolute Gasteiger partial charge is 0.445 e. The van der Waals surface area contributed by atoms with Gasteiger partial charge in [0, 0.05) is 31.8 Å². The second-order valence-corrected chi connectivity index (χ2v) is 8.13. The number of carbonyl (C=O) groups excluding carboxylic acids is 2. The smallest absolute Gasteiger partial charge is 0.410 e. The molecule has 27 heavy (non-hydrogen) atoms. The number of benzene rings is 1. The summed E-state index contributed by atoms with van der Waals surface area (Å²) in [5.74, 6) is 0.918. The molecule has 7 heteroatoms. The molecule has 144 valence electrons. The molecule has 0 saturated carbocycles. The molecule has 0 aromatic heterocycles. The van der Waals surface area contributed by atoms with Crippen LogP contribution in [0.15, 0.2) is 48.0 Å². The van der Waals surface area contributed by atoms with Crippen LogP contribution in [0.2, 0.25) is 0 Å². The molecule has 2 aliphatic rings. The van der Waals surface area contributed by atoms with Crippen LogP contribution in [-0.2, 0) is 16.1 Å². The van der Waals surface area contributed by atoms with Crippen molar-refractivity contribution in [3.63, 3.8) is 0 Å². The van der Waals surface area contributed by atoms with Crippen LogP contribution in [0, 0.1) is 0 Å². The summed E-state index contributed by atoms with van der Waals surface area (Å²) in [5.41, 5.74) is 1.21. The maximum absolute atomic E-state index is 12.6. The SMILES string of the molecule is C=CCOC(=O)N1CC(SC(C)=O)CC1C1=NCCN1Cc1ccccc1. The zero-order valence-electron chi connectivity index (χ0n) is 15.5. The second kappa shape index (κ2) is 9.08. The summed E-state index contributed by atoms with van der Waals surface area (Å²) in [4.78, 5) is 32.8. The Hall–Kier alpha value is -2.28. The minimum Gasteiger partial charge on any atom is -0.445 e. The van der Waals surface area contributed by atoms with Gasteiger partial charge in [-0.15, -0.1) is 0 Å². The van der Waals surface area contributed by atoms with Crippen molar-refractivity contribution >= 4 is 28.8 Å². The quantitative estimate of drug-likeness (QED) is 0.703. The summed E-state index contributed by atoms with van der Waals surface area (Å²) in [6, 6.07) is 10.1. The minimum absolute atomic E-state index is 0.0608. The Morgan fingerprint density at radius 2 is 2.15 bits per heavy atom. The molecule has 0 aliphatic carbocycles. The molecule has 1 saturated heterocycles. The maximum atomic E-state index is 12.6. The highest BCUT2D eigenvalue weighted by atomic mass is 32.2. The fraction of sp³-hybridized carbons (Fsp3) is 0.450. The van der Waals surface area contributed by atoms with Gasteiger partial charge in [0.25, 0.3) is 0 Å². The first-order valence-electron chi connectivity index (χ1n) is 9.13. The Morgan fingerprint density at radius 3 is 2.85 bits per heavy atom. The number of carbonyl (C=O) groups is 2. The lowest BCUT2D eigenvalue weighted by Crippen LogP contribution is -2.46. The van der Waals surface area contributed by atoms with Crippen molar-refractivity contribution < 1.29 is 14.3 Å². The maximum Gasteiger partial charge on any atom is 0.410 e. The summed E-state index contributed by atoms with van der Waals surface area (Å²) in [5, 5.41) is 0.125. The van der Waals surface area contributed by atoms with Gasteiger partial charge in [-0.2, -0.15) is 0 Å². The van der Waals surface area contributed by atoms with Crippen LogP contribution in [-0.4, -0.2) is 64.4 Å². The fourth-order valence-electron chi connectivity index (χ4n) is 3.56. The van der Waals surface area contributed by atoms with Crippen molar-refractivity contribution in [3.8, 4) is 0 Å². The summed E-state index contributed by atoms with van der Waals surface area (Å²) < 4.78 is 5.27. The third-order valence-corrected chi connectivity index (χ3v) is 5.64. The molecule has 2 heterocycles. The first-order chi connectivity index (χ1) is 13.1. The predicted molar refractivity (Wildman–Crippen MR) is 108 cm³/mol. The van der Waals surface area contributed by atoms with Crippen molar-refractivity contribution in [2.45, 2.75) is 31.2 Å². The Labute approximate surface area is 164 Å². The Morgan fingerprint density at radius 1 is 1.37 bits per heavy atom. The van der Waals surface area contributed by atoms with E-state index in [1.54, 1.807) is 17.9 Å². The molecule has 0 radical (unpaired) electrons. The molecule has 1 amide bonds. The number of amidine groups is 1. The van der Waals surface area contributed by atoms with E-state index in [4.69, 9.17) is 9.73 Å². The highest BCUT2D eigenvalue weighted by Crippen LogP contribution is 2.31. The predicted octanol–water partition coefficient (Wildman–Crippen LogP) is 2.95. The van der Waals surface area contributed by atoms with Gasteiger partial charge in [0.2, 0.25) is 0 Å². The van der Waals surface area contributed by atoms with Crippen LogP contribution in [0.4, 0.5) is 4.79 Å². The van der Waals surface area contributed by atoms with E-state index >= 15 is 0 Å². The lowest BCUT2D eigenvalue weighted by atomic mass is 10.1. The first-order valence-corrected chi connectivity index (χ1v) is 10.0. The van der Waals surface area contributed by atoms with Gasteiger partial charge in [0.1, 0.15) is 12.4 Å². The number of amides is 1. The van der Waals surface area contributed by atoms with Crippen LogP contribution < -0.4 is 0 Å². The molecule has 6 nitrogen and oxygen atoms in total. The van der Waals surface area contributed by atoms with Gasteiger partial charge in [-0.1, -0.05) is 54.7 Å². The molecule has 0 N–H and O–H groups in total. The van der Waals surface area contributed by atoms with Crippen LogP contribution in [0.1, 0.15) is 18.9 Å². The van der Waals surface area contributed by atoms with E-state index in [0.717, 1.165) is 25.5 Å². The standard InChI is InChI=1S/C20H25N3O3S/c1-3-11-26-20(25)23-14-17(27-15(2)24)12-18(23)19-21-9-10-22(19)13-16-7-5-4-6-8-16/h3-8,17-18H,1,9-14H2,2H3. The topological polar surface area (TPSA) is 62.2 Å². The van der Waals surface area contributed by atoms with Gasteiger partial charge in [0.15, 0.2) is 5.12 Å². The number of likely N-dealkylation sites (tertiary alicyclic amines) is 1. The summed E-state index contributed by atoms with van der Waals surface area (Å²) in [7, 11) is 0. The molecule has 1 aromatic carbocycles. The van der Waals surface area contributed by atoms with Crippen LogP contribution >= 0.6 is 11.8 Å². The first kappa shape index (κ1) is 19.5. The lowest BCUT2D eigenvalue weighted by molar-refractivity contribution is -0.109. The number of thioether (sulfide) groups is 1. The van der Waals surface area contributed by atoms with E-state index < -0.39 is 0 Å². The molecule has 0 spiro atoms. The summed E-state index contributed by atoms with van der Waals surface area (Å²) in [6.07, 6.45) is 1.89. The number of nitrogens with zero attached hydrogens (tertiary/aromatic N) is 3. The van der Waals surface area contributed by atoms with E-state index in [1.807, 2.05) is 18.2 Å². The van der Waals surface area contributed by atoms with Gasteiger partial charge >= 0.3 is 6.09 Å². The van der Waals surface area contributed by atoms with Gasteiger partial charge < -0.3 is 9.64 Å². The summed E-state index contributed by atoms with van der Waals surface area (Å²) >= 11 is 1.29. The molecule has 2 aliphatic heterocycles. The van der Waals surface area contributed by atoms with Gasteiger partial charge in [-0.05, 0) is 12.0 Å². The van der Waals surface area contributed by atoms with E-state index in [2.05, 4.69) is 23.6 Å². The summed E-state index contributed by atoms with van der Waals surface area (Å²) in [6.45, 7) is 8.13. The molecule has 0 bridgehead atoms.